The molecule has 0 spiro atoms. The Hall–Kier alpha value is -3.91. The molecule has 0 unspecified atom stereocenters. The van der Waals surface area contributed by atoms with Crippen LogP contribution in [0.2, 0.25) is 0 Å². The molecule has 1 N–H and O–H groups in total. The van der Waals surface area contributed by atoms with E-state index < -0.39 is 0 Å². The molecule has 2 aromatic carbocycles. The molecule has 2 heterocycles. The number of aromatic nitrogens is 3. The summed E-state index contributed by atoms with van der Waals surface area (Å²) in [4.78, 5) is 16.2. The van der Waals surface area contributed by atoms with Crippen LogP contribution in [-0.2, 0) is 13.0 Å². The quantitative estimate of drug-likeness (QED) is 0.298. The van der Waals surface area contributed by atoms with Crippen molar-refractivity contribution < 1.29 is 4.79 Å². The highest BCUT2D eigenvalue weighted by atomic mass is 16.1. The molecule has 0 saturated heterocycles. The molecule has 5 nitrogen and oxygen atoms in total. The smallest absolute Gasteiger partial charge is 0.205 e. The Labute approximate surface area is 168 Å². The van der Waals surface area contributed by atoms with E-state index in [1.807, 2.05) is 54.7 Å². The maximum Gasteiger partial charge on any atom is 0.205 e. The standard InChI is InChI=1S/C24H20N4O/c1-2-19-9-6-10-21-22(14-26-23(19)21)24(29)20(12-25)11-18-13-27-28(16-18)15-17-7-4-3-5-8-17/h3-11,13-14,16,26H,2,15H2,1H3/b20-11+. The van der Waals surface area contributed by atoms with Crippen molar-refractivity contribution in [2.75, 3.05) is 0 Å². The topological polar surface area (TPSA) is 74.5 Å². The summed E-state index contributed by atoms with van der Waals surface area (Å²) < 4.78 is 1.79. The Kier molecular flexibility index (Phi) is 5.08. The number of Topliss-reactive ketones (excluding diaryl/α,β-unsaturated/α-hetero) is 1. The number of ketones is 1. The Morgan fingerprint density at radius 2 is 2.03 bits per heavy atom. The van der Waals surface area contributed by atoms with Gasteiger partial charge >= 0.3 is 0 Å². The van der Waals surface area contributed by atoms with Crippen LogP contribution in [0.15, 0.2) is 72.7 Å². The van der Waals surface area contributed by atoms with Gasteiger partial charge in [0.25, 0.3) is 0 Å². The lowest BCUT2D eigenvalue weighted by molar-refractivity contribution is 0.104. The molecule has 0 aliphatic carbocycles. The van der Waals surface area contributed by atoms with Crippen LogP contribution in [0, 0.1) is 11.3 Å². The number of nitrogens with zero attached hydrogens (tertiary/aromatic N) is 3. The number of carbonyl (C=O) groups excluding carboxylic acids is 1. The number of aryl methyl sites for hydroxylation is 1. The van der Waals surface area contributed by atoms with E-state index in [4.69, 9.17) is 0 Å². The minimum Gasteiger partial charge on any atom is -0.360 e. The van der Waals surface area contributed by atoms with E-state index >= 15 is 0 Å². The molecule has 2 aromatic heterocycles. The van der Waals surface area contributed by atoms with Crippen molar-refractivity contribution >= 4 is 22.8 Å². The van der Waals surface area contributed by atoms with E-state index in [9.17, 15) is 10.1 Å². The first kappa shape index (κ1) is 18.5. The van der Waals surface area contributed by atoms with Crippen molar-refractivity contribution in [1.29, 1.82) is 5.26 Å². The van der Waals surface area contributed by atoms with Crippen molar-refractivity contribution in [2.45, 2.75) is 19.9 Å². The molecule has 5 heteroatoms. The van der Waals surface area contributed by atoms with Gasteiger partial charge in [0.15, 0.2) is 0 Å². The summed E-state index contributed by atoms with van der Waals surface area (Å²) >= 11 is 0. The van der Waals surface area contributed by atoms with Crippen LogP contribution in [0.5, 0.6) is 0 Å². The predicted molar refractivity (Wildman–Crippen MR) is 113 cm³/mol. The van der Waals surface area contributed by atoms with Gasteiger partial charge in [-0.25, -0.2) is 0 Å². The molecule has 0 atom stereocenters. The maximum absolute atomic E-state index is 13.0. The number of para-hydroxylation sites is 1. The van der Waals surface area contributed by atoms with Gasteiger partial charge in [-0.05, 0) is 23.6 Å². The number of fused-ring (bicyclic) bond motifs is 1. The van der Waals surface area contributed by atoms with Crippen LogP contribution in [0.25, 0.3) is 17.0 Å². The molecular formula is C24H20N4O. The van der Waals surface area contributed by atoms with Crippen LogP contribution in [0.3, 0.4) is 0 Å². The second-order valence-electron chi connectivity index (χ2n) is 6.85. The van der Waals surface area contributed by atoms with E-state index in [0.29, 0.717) is 12.1 Å². The first-order valence-corrected chi connectivity index (χ1v) is 9.51. The summed E-state index contributed by atoms with van der Waals surface area (Å²) in [6.45, 7) is 2.71. The van der Waals surface area contributed by atoms with Gasteiger partial charge in [0, 0.05) is 34.4 Å². The molecule has 0 radical (unpaired) electrons. The van der Waals surface area contributed by atoms with Gasteiger partial charge in [-0.1, -0.05) is 55.5 Å². The minimum atomic E-state index is -0.289. The highest BCUT2D eigenvalue weighted by molar-refractivity contribution is 6.20. The van der Waals surface area contributed by atoms with E-state index in [1.54, 1.807) is 23.2 Å². The van der Waals surface area contributed by atoms with Crippen molar-refractivity contribution in [3.63, 3.8) is 0 Å². The van der Waals surface area contributed by atoms with Gasteiger partial charge in [-0.15, -0.1) is 0 Å². The van der Waals surface area contributed by atoms with Crippen molar-refractivity contribution in [3.8, 4) is 6.07 Å². The number of nitrogens with one attached hydrogen (secondary N) is 1. The van der Waals surface area contributed by atoms with Crippen LogP contribution >= 0.6 is 0 Å². The summed E-state index contributed by atoms with van der Waals surface area (Å²) in [6.07, 6.45) is 7.66. The van der Waals surface area contributed by atoms with Gasteiger partial charge in [-0.2, -0.15) is 10.4 Å². The number of rotatable bonds is 6. The second-order valence-corrected chi connectivity index (χ2v) is 6.85. The molecular weight excluding hydrogens is 360 g/mol. The molecule has 0 bridgehead atoms. The minimum absolute atomic E-state index is 0.0899. The van der Waals surface area contributed by atoms with Gasteiger partial charge in [0.05, 0.1) is 12.7 Å². The summed E-state index contributed by atoms with van der Waals surface area (Å²) in [5.41, 5.74) is 4.55. The number of hydrogen-bond acceptors (Lipinski definition) is 3. The van der Waals surface area contributed by atoms with E-state index in [0.717, 1.165) is 34.0 Å². The van der Waals surface area contributed by atoms with Gasteiger partial charge in [0.1, 0.15) is 11.6 Å². The number of aromatic amines is 1. The largest absolute Gasteiger partial charge is 0.360 e. The Morgan fingerprint density at radius 3 is 2.79 bits per heavy atom. The van der Waals surface area contributed by atoms with Crippen LogP contribution in [0.4, 0.5) is 0 Å². The SMILES string of the molecule is CCc1cccc2c(C(=O)/C(C#N)=C/c3cnn(Cc4ccccc4)c3)c[nH]c12. The molecule has 0 saturated carbocycles. The van der Waals surface area contributed by atoms with Crippen LogP contribution in [0.1, 0.15) is 34.0 Å². The average molecular weight is 380 g/mol. The first-order chi connectivity index (χ1) is 14.2. The summed E-state index contributed by atoms with van der Waals surface area (Å²) in [5.74, 6) is -0.289. The van der Waals surface area contributed by atoms with Crippen molar-refractivity contribution in [2.24, 2.45) is 0 Å². The Bertz CT molecular complexity index is 1240. The van der Waals surface area contributed by atoms with E-state index in [-0.39, 0.29) is 11.4 Å². The summed E-state index contributed by atoms with van der Waals surface area (Å²) in [6, 6.07) is 17.9. The Morgan fingerprint density at radius 1 is 1.21 bits per heavy atom. The zero-order chi connectivity index (χ0) is 20.2. The Balaban J connectivity index is 1.62. The zero-order valence-corrected chi connectivity index (χ0v) is 16.1. The lowest BCUT2D eigenvalue weighted by Gasteiger charge is -2.01. The van der Waals surface area contributed by atoms with Crippen LogP contribution < -0.4 is 0 Å². The lowest BCUT2D eigenvalue weighted by atomic mass is 10.0. The molecule has 0 aliphatic heterocycles. The first-order valence-electron chi connectivity index (χ1n) is 9.51. The number of H-pyrrole nitrogens is 1. The third-order valence-electron chi connectivity index (χ3n) is 4.94. The fraction of sp³-hybridized carbons (Fsp3) is 0.125. The fourth-order valence-corrected chi connectivity index (χ4v) is 3.47. The number of allylic oxidation sites excluding steroid dienone is 1. The summed E-state index contributed by atoms with van der Waals surface area (Å²) in [5, 5.41) is 14.8. The lowest BCUT2D eigenvalue weighted by Crippen LogP contribution is -2.01. The van der Waals surface area contributed by atoms with Crippen LogP contribution in [-0.4, -0.2) is 20.5 Å². The van der Waals surface area contributed by atoms with Crippen molar-refractivity contribution in [1.82, 2.24) is 14.8 Å². The van der Waals surface area contributed by atoms with Gasteiger partial charge in [-0.3, -0.25) is 9.48 Å². The number of benzene rings is 2. The predicted octanol–water partition coefficient (Wildman–Crippen LogP) is 4.76. The van der Waals surface area contributed by atoms with Crippen molar-refractivity contribution in [3.05, 3.63) is 94.9 Å². The number of carbonyl (C=O) groups is 1. The zero-order valence-electron chi connectivity index (χ0n) is 16.1. The summed E-state index contributed by atoms with van der Waals surface area (Å²) in [7, 11) is 0. The molecule has 4 aromatic rings. The fourth-order valence-electron chi connectivity index (χ4n) is 3.47. The molecule has 0 amide bonds. The highest BCUT2D eigenvalue weighted by Crippen LogP contribution is 2.25. The van der Waals surface area contributed by atoms with E-state index in [2.05, 4.69) is 23.1 Å². The molecule has 29 heavy (non-hydrogen) atoms. The normalized spacial score (nSPS) is 11.5. The monoisotopic (exact) mass is 380 g/mol. The molecule has 0 aliphatic rings. The average Bonchev–Trinajstić information content (AvgIpc) is 3.39. The number of nitriles is 1. The third-order valence-corrected chi connectivity index (χ3v) is 4.94. The van der Waals surface area contributed by atoms with Gasteiger partial charge < -0.3 is 4.98 Å². The number of hydrogen-bond donors (Lipinski definition) is 1. The maximum atomic E-state index is 13.0. The van der Waals surface area contributed by atoms with E-state index in [1.165, 1.54) is 0 Å². The molecule has 4 rings (SSSR count). The molecule has 142 valence electrons. The van der Waals surface area contributed by atoms with Gasteiger partial charge in [0.2, 0.25) is 5.78 Å². The second kappa shape index (κ2) is 7.99. The highest BCUT2D eigenvalue weighted by Gasteiger charge is 2.18. The molecule has 0 fully saturated rings. The third kappa shape index (κ3) is 3.74.